The van der Waals surface area contributed by atoms with Crippen LogP contribution in [-0.4, -0.2) is 34.1 Å². The van der Waals surface area contributed by atoms with E-state index in [4.69, 9.17) is 0 Å². The third-order valence-electron chi connectivity index (χ3n) is 1.40. The maximum Gasteiger partial charge on any atom is 0.376 e. The minimum absolute atomic E-state index is 0.0596. The average Bonchev–Trinajstić information content (AvgIpc) is 2.61. The molecule has 1 radical (unpaired) electrons. The molecule has 1 aromatic heterocycles. The Labute approximate surface area is 74.5 Å². The monoisotopic (exact) mass is 182 g/mol. The molecule has 0 unspecified atom stereocenters. The number of aromatic nitrogens is 3. The molecule has 1 heterocycles. The van der Waals surface area contributed by atoms with Gasteiger partial charge in [0.05, 0.1) is 7.11 Å². The molecule has 0 spiro atoms. The number of carbonyl (C=O) groups is 2. The Bertz CT molecular complexity index is 308. The average molecular weight is 182 g/mol. The summed E-state index contributed by atoms with van der Waals surface area (Å²) in [5.41, 5.74) is 0. The van der Waals surface area contributed by atoms with Crippen molar-refractivity contribution in [2.45, 2.75) is 13.0 Å². The van der Waals surface area contributed by atoms with E-state index in [1.165, 1.54) is 11.7 Å². The van der Waals surface area contributed by atoms with Gasteiger partial charge < -0.3 is 9.53 Å². The molecule has 0 saturated heterocycles. The molecule has 6 nitrogen and oxygen atoms in total. The first-order valence-corrected chi connectivity index (χ1v) is 3.62. The molecule has 6 heteroatoms. The Hall–Kier alpha value is -1.72. The first kappa shape index (κ1) is 9.37. The summed E-state index contributed by atoms with van der Waals surface area (Å²) >= 11 is 0. The summed E-state index contributed by atoms with van der Waals surface area (Å²) in [6, 6.07) is 0. The van der Waals surface area contributed by atoms with Gasteiger partial charge in [0.2, 0.25) is 12.2 Å². The van der Waals surface area contributed by atoms with Gasteiger partial charge >= 0.3 is 5.97 Å². The third kappa shape index (κ3) is 2.11. The van der Waals surface area contributed by atoms with Crippen molar-refractivity contribution in [2.24, 2.45) is 0 Å². The van der Waals surface area contributed by atoms with Crippen LogP contribution in [0.4, 0.5) is 0 Å². The van der Waals surface area contributed by atoms with Crippen LogP contribution in [0.3, 0.4) is 0 Å². The predicted octanol–water partition coefficient (Wildman–Crippen LogP) is -0.546. The van der Waals surface area contributed by atoms with Gasteiger partial charge in [-0.1, -0.05) is 0 Å². The summed E-state index contributed by atoms with van der Waals surface area (Å²) in [5, 5.41) is 6.92. The predicted molar refractivity (Wildman–Crippen MR) is 40.9 cm³/mol. The van der Waals surface area contributed by atoms with E-state index in [2.05, 4.69) is 21.3 Å². The van der Waals surface area contributed by atoms with Crippen LogP contribution in [0, 0.1) is 6.33 Å². The number of hydrogen-bond donors (Lipinski definition) is 0. The smallest absolute Gasteiger partial charge is 0.376 e. The number of methoxy groups -OCH3 is 1. The highest BCUT2D eigenvalue weighted by atomic mass is 16.5. The zero-order valence-electron chi connectivity index (χ0n) is 7.06. The molecule has 0 aromatic carbocycles. The van der Waals surface area contributed by atoms with E-state index in [9.17, 15) is 9.59 Å². The highest BCUT2D eigenvalue weighted by molar-refractivity contribution is 5.85. The first-order valence-electron chi connectivity index (χ1n) is 3.62. The number of hydrogen-bond acceptors (Lipinski definition) is 5. The Morgan fingerprint density at radius 2 is 2.54 bits per heavy atom. The minimum Gasteiger partial charge on any atom is -0.463 e. The number of rotatable bonds is 4. The second-order valence-corrected chi connectivity index (χ2v) is 2.22. The third-order valence-corrected chi connectivity index (χ3v) is 1.40. The number of aldehydes is 1. The lowest BCUT2D eigenvalue weighted by atomic mass is 10.4. The molecule has 0 atom stereocenters. The van der Waals surface area contributed by atoms with Crippen LogP contribution in [0.25, 0.3) is 0 Å². The zero-order chi connectivity index (χ0) is 9.68. The van der Waals surface area contributed by atoms with Gasteiger partial charge in [-0.25, -0.2) is 4.79 Å². The number of ether oxygens (including phenoxy) is 1. The lowest BCUT2D eigenvalue weighted by molar-refractivity contribution is -0.108. The lowest BCUT2D eigenvalue weighted by Gasteiger charge is -2.00. The fourth-order valence-electron chi connectivity index (χ4n) is 0.805. The van der Waals surface area contributed by atoms with E-state index in [-0.39, 0.29) is 5.82 Å². The van der Waals surface area contributed by atoms with Crippen molar-refractivity contribution in [2.75, 3.05) is 7.11 Å². The number of esters is 1. The largest absolute Gasteiger partial charge is 0.463 e. The van der Waals surface area contributed by atoms with E-state index in [0.717, 1.165) is 6.29 Å². The first-order chi connectivity index (χ1) is 6.29. The number of carbonyl (C=O) groups excluding carboxylic acids is 2. The summed E-state index contributed by atoms with van der Waals surface area (Å²) in [7, 11) is 1.25. The molecular weight excluding hydrogens is 174 g/mol. The lowest BCUT2D eigenvalue weighted by Crippen LogP contribution is -2.12. The topological polar surface area (TPSA) is 74.1 Å². The van der Waals surface area contributed by atoms with Gasteiger partial charge in [0.15, 0.2) is 0 Å². The van der Waals surface area contributed by atoms with E-state index in [0.29, 0.717) is 13.0 Å². The molecule has 69 valence electrons. The fraction of sp³-hybridized carbons (Fsp3) is 0.429. The van der Waals surface area contributed by atoms with Gasteiger partial charge in [0.25, 0.3) is 0 Å². The van der Waals surface area contributed by atoms with Crippen molar-refractivity contribution in [3.63, 3.8) is 0 Å². The quantitative estimate of drug-likeness (QED) is 0.461. The molecule has 0 amide bonds. The highest BCUT2D eigenvalue weighted by Crippen LogP contribution is 1.97. The zero-order valence-corrected chi connectivity index (χ0v) is 7.06. The van der Waals surface area contributed by atoms with Crippen LogP contribution >= 0.6 is 0 Å². The molecule has 0 aliphatic rings. The summed E-state index contributed by atoms with van der Waals surface area (Å²) in [5.74, 6) is -0.524. The standard InChI is InChI=1S/C7H8N3O3/c1-13-7(12)6-9-8-5-10(6)3-2-4-11/h4H,2-3H2,1H3. The van der Waals surface area contributed by atoms with Crippen molar-refractivity contribution in [3.8, 4) is 0 Å². The van der Waals surface area contributed by atoms with E-state index in [1.807, 2.05) is 0 Å². The Kier molecular flexibility index (Phi) is 3.13. The van der Waals surface area contributed by atoms with Crippen molar-refractivity contribution < 1.29 is 14.3 Å². The number of aryl methyl sites for hydroxylation is 1. The van der Waals surface area contributed by atoms with Gasteiger partial charge in [-0.2, -0.15) is 0 Å². The van der Waals surface area contributed by atoms with Crippen LogP contribution in [0.5, 0.6) is 0 Å². The SMILES string of the molecule is COC(=O)c1nn[c]n1CCC=O. The van der Waals surface area contributed by atoms with Gasteiger partial charge in [-0.3, -0.25) is 4.57 Å². The van der Waals surface area contributed by atoms with Crippen LogP contribution in [0.15, 0.2) is 0 Å². The van der Waals surface area contributed by atoms with Gasteiger partial charge in [-0.05, 0) is 0 Å². The molecule has 0 fully saturated rings. The van der Waals surface area contributed by atoms with Gasteiger partial charge in [0, 0.05) is 13.0 Å². The fourth-order valence-corrected chi connectivity index (χ4v) is 0.805. The van der Waals surface area contributed by atoms with Crippen molar-refractivity contribution in [1.29, 1.82) is 0 Å². The van der Waals surface area contributed by atoms with E-state index >= 15 is 0 Å². The highest BCUT2D eigenvalue weighted by Gasteiger charge is 2.13. The van der Waals surface area contributed by atoms with Crippen LogP contribution in [0.2, 0.25) is 0 Å². The van der Waals surface area contributed by atoms with Crippen LogP contribution < -0.4 is 0 Å². The molecule has 13 heavy (non-hydrogen) atoms. The molecule has 0 saturated carbocycles. The summed E-state index contributed by atoms with van der Waals surface area (Å²) in [6.45, 7) is 0.334. The molecule has 1 rings (SSSR count). The van der Waals surface area contributed by atoms with Crippen LogP contribution in [0.1, 0.15) is 17.0 Å². The van der Waals surface area contributed by atoms with Gasteiger partial charge in [-0.15, -0.1) is 10.2 Å². The van der Waals surface area contributed by atoms with Crippen molar-refractivity contribution in [1.82, 2.24) is 14.8 Å². The van der Waals surface area contributed by atoms with Gasteiger partial charge in [0.1, 0.15) is 6.29 Å². The molecule has 0 bridgehead atoms. The van der Waals surface area contributed by atoms with Crippen molar-refractivity contribution >= 4 is 12.3 Å². The van der Waals surface area contributed by atoms with E-state index in [1.54, 1.807) is 0 Å². The van der Waals surface area contributed by atoms with Crippen molar-refractivity contribution in [3.05, 3.63) is 12.2 Å². The Morgan fingerprint density at radius 3 is 3.15 bits per heavy atom. The Balaban J connectivity index is 2.76. The second kappa shape index (κ2) is 4.34. The van der Waals surface area contributed by atoms with E-state index < -0.39 is 5.97 Å². The molecular formula is C7H8N3O3. The minimum atomic E-state index is -0.584. The van der Waals surface area contributed by atoms with Crippen LogP contribution in [-0.2, 0) is 16.1 Å². The molecule has 0 aliphatic carbocycles. The Morgan fingerprint density at radius 1 is 1.77 bits per heavy atom. The summed E-state index contributed by atoms with van der Waals surface area (Å²) in [6.07, 6.45) is 3.49. The maximum atomic E-state index is 11.0. The number of nitrogens with zero attached hydrogens (tertiary/aromatic N) is 3. The molecule has 0 aliphatic heterocycles. The second-order valence-electron chi connectivity index (χ2n) is 2.22. The normalized spacial score (nSPS) is 9.62. The molecule has 0 N–H and O–H groups in total. The molecule has 1 aromatic rings. The summed E-state index contributed by atoms with van der Waals surface area (Å²) < 4.78 is 5.79. The maximum absolute atomic E-state index is 11.0. The summed E-state index contributed by atoms with van der Waals surface area (Å²) in [4.78, 5) is 21.1.